The molecule has 0 bridgehead atoms. The second-order valence-corrected chi connectivity index (χ2v) is 3.65. The average Bonchev–Trinajstić information content (AvgIpc) is 2.38. The molecule has 17 heavy (non-hydrogen) atoms. The summed E-state index contributed by atoms with van der Waals surface area (Å²) in [6, 6.07) is 5.14. The zero-order chi connectivity index (χ0) is 12.5. The van der Waals surface area contributed by atoms with Gasteiger partial charge in [-0.1, -0.05) is 0 Å². The quantitative estimate of drug-likeness (QED) is 0.556. The minimum absolute atomic E-state index is 0.210. The summed E-state index contributed by atoms with van der Waals surface area (Å²) < 4.78 is 10.5. The van der Waals surface area contributed by atoms with E-state index < -0.39 is 0 Å². The van der Waals surface area contributed by atoms with E-state index in [-0.39, 0.29) is 6.61 Å². The van der Waals surface area contributed by atoms with Crippen LogP contribution in [0.5, 0.6) is 11.5 Å². The first kappa shape index (κ1) is 13.5. The topological polar surface area (TPSA) is 55.8 Å². The van der Waals surface area contributed by atoms with Gasteiger partial charge in [-0.25, -0.2) is 0 Å². The Morgan fingerprint density at radius 2 is 2.12 bits per heavy atom. The van der Waals surface area contributed by atoms with Crippen LogP contribution in [0.1, 0.15) is 29.6 Å². The highest BCUT2D eigenvalue weighted by atomic mass is 16.5. The number of carbonyl (C=O) groups is 1. The smallest absolute Gasteiger partial charge is 0.153 e. The summed E-state index contributed by atoms with van der Waals surface area (Å²) in [6.07, 6.45) is 3.33. The molecule has 0 aliphatic carbocycles. The fourth-order valence-corrected chi connectivity index (χ4v) is 1.45. The van der Waals surface area contributed by atoms with Crippen LogP contribution in [0.25, 0.3) is 0 Å². The zero-order valence-corrected chi connectivity index (χ0v) is 10.0. The summed E-state index contributed by atoms with van der Waals surface area (Å²) in [5.41, 5.74) is 0.492. The number of aliphatic hydroxyl groups is 1. The summed E-state index contributed by atoms with van der Waals surface area (Å²) in [6.45, 7) is 0.759. The van der Waals surface area contributed by atoms with Gasteiger partial charge < -0.3 is 14.6 Å². The van der Waals surface area contributed by atoms with E-state index in [0.29, 0.717) is 23.7 Å². The van der Waals surface area contributed by atoms with Crippen LogP contribution in [0.2, 0.25) is 0 Å². The van der Waals surface area contributed by atoms with Crippen molar-refractivity contribution in [1.82, 2.24) is 0 Å². The lowest BCUT2D eigenvalue weighted by Crippen LogP contribution is -2.00. The van der Waals surface area contributed by atoms with Crippen LogP contribution in [-0.2, 0) is 0 Å². The fraction of sp³-hybridized carbons (Fsp3) is 0.462. The van der Waals surface area contributed by atoms with Gasteiger partial charge in [-0.2, -0.15) is 0 Å². The first-order chi connectivity index (χ1) is 8.31. The summed E-state index contributed by atoms with van der Waals surface area (Å²) in [5.74, 6) is 1.21. The van der Waals surface area contributed by atoms with Crippen molar-refractivity contribution in [2.45, 2.75) is 19.3 Å². The Morgan fingerprint density at radius 3 is 2.76 bits per heavy atom. The number of methoxy groups -OCH3 is 1. The Labute approximate surface area is 101 Å². The minimum Gasteiger partial charge on any atom is -0.497 e. The lowest BCUT2D eigenvalue weighted by atomic mass is 10.2. The molecular weight excluding hydrogens is 220 g/mol. The van der Waals surface area contributed by atoms with E-state index in [2.05, 4.69) is 0 Å². The van der Waals surface area contributed by atoms with Crippen LogP contribution in [0.3, 0.4) is 0 Å². The highest BCUT2D eigenvalue weighted by Gasteiger charge is 2.04. The minimum atomic E-state index is 0.210. The highest BCUT2D eigenvalue weighted by Crippen LogP contribution is 2.22. The number of ether oxygens (including phenoxy) is 2. The molecular formula is C13H18O4. The maximum absolute atomic E-state index is 10.9. The number of aliphatic hydroxyl groups excluding tert-OH is 1. The third-order valence-corrected chi connectivity index (χ3v) is 2.40. The molecule has 0 fully saturated rings. The van der Waals surface area contributed by atoms with Crippen LogP contribution < -0.4 is 9.47 Å². The van der Waals surface area contributed by atoms with E-state index >= 15 is 0 Å². The molecule has 0 heterocycles. The van der Waals surface area contributed by atoms with Gasteiger partial charge in [-0.15, -0.1) is 0 Å². The molecule has 4 nitrogen and oxygen atoms in total. The maximum Gasteiger partial charge on any atom is 0.153 e. The zero-order valence-electron chi connectivity index (χ0n) is 10.0. The van der Waals surface area contributed by atoms with Crippen LogP contribution in [0.4, 0.5) is 0 Å². The number of hydrogen-bond donors (Lipinski definition) is 1. The Morgan fingerprint density at radius 1 is 1.29 bits per heavy atom. The lowest BCUT2D eigenvalue weighted by molar-refractivity contribution is 0.111. The normalized spacial score (nSPS) is 10.0. The molecule has 0 saturated carbocycles. The van der Waals surface area contributed by atoms with Gasteiger partial charge in [0.1, 0.15) is 11.5 Å². The van der Waals surface area contributed by atoms with Crippen molar-refractivity contribution in [1.29, 1.82) is 0 Å². The number of unbranched alkanes of at least 4 members (excludes halogenated alkanes) is 2. The average molecular weight is 238 g/mol. The van der Waals surface area contributed by atoms with E-state index in [1.165, 1.54) is 0 Å². The molecule has 4 heteroatoms. The van der Waals surface area contributed by atoms with Gasteiger partial charge in [-0.05, 0) is 37.5 Å². The molecule has 1 N–H and O–H groups in total. The van der Waals surface area contributed by atoms with Crippen molar-refractivity contribution in [3.63, 3.8) is 0 Å². The summed E-state index contributed by atoms with van der Waals surface area (Å²) in [7, 11) is 1.55. The number of aldehydes is 1. The predicted octanol–water partition coefficient (Wildman–Crippen LogP) is 2.05. The van der Waals surface area contributed by atoms with E-state index in [0.717, 1.165) is 25.5 Å². The predicted molar refractivity (Wildman–Crippen MR) is 64.8 cm³/mol. The largest absolute Gasteiger partial charge is 0.497 e. The third-order valence-electron chi connectivity index (χ3n) is 2.40. The van der Waals surface area contributed by atoms with Crippen LogP contribution >= 0.6 is 0 Å². The summed E-state index contributed by atoms with van der Waals surface area (Å²) >= 11 is 0. The highest BCUT2D eigenvalue weighted by molar-refractivity contribution is 5.80. The number of hydrogen-bond acceptors (Lipinski definition) is 4. The van der Waals surface area contributed by atoms with Gasteiger partial charge in [0.25, 0.3) is 0 Å². The third kappa shape index (κ3) is 4.44. The Kier molecular flexibility index (Phi) is 6.10. The molecule has 0 saturated heterocycles. The first-order valence-electron chi connectivity index (χ1n) is 5.68. The molecule has 0 aliphatic heterocycles. The summed E-state index contributed by atoms with van der Waals surface area (Å²) in [4.78, 5) is 10.9. The Balaban J connectivity index is 2.49. The van der Waals surface area contributed by atoms with E-state index in [1.807, 2.05) is 0 Å². The SMILES string of the molecule is COc1ccc(OCCCCCO)c(C=O)c1. The molecule has 1 aromatic rings. The molecule has 94 valence electrons. The molecule has 0 spiro atoms. The Bertz CT molecular complexity index is 349. The van der Waals surface area contributed by atoms with Crippen molar-refractivity contribution in [3.05, 3.63) is 23.8 Å². The van der Waals surface area contributed by atoms with Crippen molar-refractivity contribution >= 4 is 6.29 Å². The van der Waals surface area contributed by atoms with E-state index in [9.17, 15) is 4.79 Å². The van der Waals surface area contributed by atoms with Gasteiger partial charge in [0, 0.05) is 6.61 Å². The van der Waals surface area contributed by atoms with Gasteiger partial charge in [-0.3, -0.25) is 4.79 Å². The molecule has 0 radical (unpaired) electrons. The van der Waals surface area contributed by atoms with Crippen molar-refractivity contribution in [2.24, 2.45) is 0 Å². The molecule has 0 amide bonds. The molecule has 0 aromatic heterocycles. The molecule has 0 atom stereocenters. The number of carbonyl (C=O) groups excluding carboxylic acids is 1. The standard InChI is InChI=1S/C13H18O4/c1-16-12-5-6-13(11(9-12)10-15)17-8-4-2-3-7-14/h5-6,9-10,14H,2-4,7-8H2,1H3. The second-order valence-electron chi connectivity index (χ2n) is 3.65. The molecule has 1 aromatic carbocycles. The second kappa shape index (κ2) is 7.68. The molecule has 0 aliphatic rings. The Hall–Kier alpha value is -1.55. The van der Waals surface area contributed by atoms with Gasteiger partial charge >= 0.3 is 0 Å². The number of rotatable bonds is 8. The van der Waals surface area contributed by atoms with Crippen LogP contribution in [0, 0.1) is 0 Å². The van der Waals surface area contributed by atoms with Gasteiger partial charge in [0.2, 0.25) is 0 Å². The summed E-state index contributed by atoms with van der Waals surface area (Å²) in [5, 5.41) is 8.62. The maximum atomic E-state index is 10.9. The first-order valence-corrected chi connectivity index (χ1v) is 5.68. The fourth-order valence-electron chi connectivity index (χ4n) is 1.45. The monoisotopic (exact) mass is 238 g/mol. The van der Waals surface area contributed by atoms with Crippen molar-refractivity contribution in [3.8, 4) is 11.5 Å². The van der Waals surface area contributed by atoms with Crippen molar-refractivity contribution in [2.75, 3.05) is 20.3 Å². The van der Waals surface area contributed by atoms with E-state index in [1.54, 1.807) is 25.3 Å². The van der Waals surface area contributed by atoms with Gasteiger partial charge in [0.05, 0.1) is 19.3 Å². The molecule has 0 unspecified atom stereocenters. The van der Waals surface area contributed by atoms with Crippen LogP contribution in [-0.4, -0.2) is 31.7 Å². The molecule has 1 rings (SSSR count). The van der Waals surface area contributed by atoms with Crippen molar-refractivity contribution < 1.29 is 19.4 Å². The number of benzene rings is 1. The lowest BCUT2D eigenvalue weighted by Gasteiger charge is -2.09. The van der Waals surface area contributed by atoms with Gasteiger partial charge in [0.15, 0.2) is 6.29 Å². The van der Waals surface area contributed by atoms with E-state index in [4.69, 9.17) is 14.6 Å². The van der Waals surface area contributed by atoms with Crippen LogP contribution in [0.15, 0.2) is 18.2 Å².